The Kier molecular flexibility index (Phi) is 5.39. The van der Waals surface area contributed by atoms with Crippen LogP contribution in [0.1, 0.15) is 17.2 Å². The Morgan fingerprint density at radius 2 is 1.80 bits per heavy atom. The molecule has 0 aliphatic heterocycles. The Bertz CT molecular complexity index is 519. The van der Waals surface area contributed by atoms with Crippen molar-refractivity contribution in [2.75, 3.05) is 13.7 Å². The summed E-state index contributed by atoms with van der Waals surface area (Å²) in [5, 5.41) is 3.51. The Labute approximate surface area is 121 Å². The van der Waals surface area contributed by atoms with Gasteiger partial charge in [0.05, 0.1) is 13.2 Å². The first-order valence-corrected chi connectivity index (χ1v) is 6.87. The molecule has 2 rings (SSSR count). The molecular formula is C18H21NO. The van der Waals surface area contributed by atoms with E-state index in [0.717, 1.165) is 18.7 Å². The Morgan fingerprint density at radius 3 is 2.40 bits per heavy atom. The summed E-state index contributed by atoms with van der Waals surface area (Å²) >= 11 is 0. The third kappa shape index (κ3) is 3.97. The number of hydrogen-bond acceptors (Lipinski definition) is 2. The maximum atomic E-state index is 5.18. The molecule has 0 saturated heterocycles. The molecule has 0 amide bonds. The standard InChI is InChI=1S/C18H21NO/c1-3-18(16-9-11-17(20-2)12-10-16)19-14-13-15-7-5-4-6-8-15/h3-12,18-19H,1,13-14H2,2H3. The van der Waals surface area contributed by atoms with Crippen LogP contribution in [0.4, 0.5) is 0 Å². The van der Waals surface area contributed by atoms with E-state index in [0.29, 0.717) is 0 Å². The van der Waals surface area contributed by atoms with Gasteiger partial charge >= 0.3 is 0 Å². The summed E-state index contributed by atoms with van der Waals surface area (Å²) in [6, 6.07) is 18.8. The smallest absolute Gasteiger partial charge is 0.118 e. The van der Waals surface area contributed by atoms with Crippen LogP contribution >= 0.6 is 0 Å². The zero-order valence-electron chi connectivity index (χ0n) is 11.9. The highest BCUT2D eigenvalue weighted by Gasteiger charge is 2.06. The summed E-state index contributed by atoms with van der Waals surface area (Å²) in [5.41, 5.74) is 2.55. The largest absolute Gasteiger partial charge is 0.497 e. The summed E-state index contributed by atoms with van der Waals surface area (Å²) in [5.74, 6) is 0.876. The maximum Gasteiger partial charge on any atom is 0.118 e. The predicted molar refractivity (Wildman–Crippen MR) is 84.1 cm³/mol. The van der Waals surface area contributed by atoms with Gasteiger partial charge in [-0.05, 0) is 29.7 Å². The van der Waals surface area contributed by atoms with Gasteiger partial charge in [0.15, 0.2) is 0 Å². The second kappa shape index (κ2) is 7.51. The minimum atomic E-state index is 0.171. The fraction of sp³-hybridized carbons (Fsp3) is 0.222. The van der Waals surface area contributed by atoms with Crippen molar-refractivity contribution in [2.45, 2.75) is 12.5 Å². The van der Waals surface area contributed by atoms with Crippen LogP contribution < -0.4 is 10.1 Å². The van der Waals surface area contributed by atoms with E-state index in [2.05, 4.69) is 48.3 Å². The predicted octanol–water partition coefficient (Wildman–Crippen LogP) is 3.75. The van der Waals surface area contributed by atoms with Crippen LogP contribution in [0, 0.1) is 0 Å². The van der Waals surface area contributed by atoms with Crippen molar-refractivity contribution in [2.24, 2.45) is 0 Å². The molecule has 1 N–H and O–H groups in total. The molecule has 0 heterocycles. The van der Waals surface area contributed by atoms with E-state index in [1.54, 1.807) is 7.11 Å². The lowest BCUT2D eigenvalue weighted by molar-refractivity contribution is 0.414. The van der Waals surface area contributed by atoms with Crippen LogP contribution in [0.2, 0.25) is 0 Å². The molecular weight excluding hydrogens is 246 g/mol. The first kappa shape index (κ1) is 14.4. The molecule has 0 aliphatic carbocycles. The highest BCUT2D eigenvalue weighted by atomic mass is 16.5. The average Bonchev–Trinajstić information content (AvgIpc) is 2.53. The lowest BCUT2D eigenvalue weighted by atomic mass is 10.1. The van der Waals surface area contributed by atoms with Crippen LogP contribution in [0.25, 0.3) is 0 Å². The fourth-order valence-corrected chi connectivity index (χ4v) is 2.17. The molecule has 0 aliphatic rings. The van der Waals surface area contributed by atoms with Crippen molar-refractivity contribution in [3.8, 4) is 5.75 Å². The number of hydrogen-bond donors (Lipinski definition) is 1. The van der Waals surface area contributed by atoms with Gasteiger partial charge in [0.1, 0.15) is 5.75 Å². The third-order valence-corrected chi connectivity index (χ3v) is 3.33. The third-order valence-electron chi connectivity index (χ3n) is 3.33. The highest BCUT2D eigenvalue weighted by Crippen LogP contribution is 2.18. The molecule has 0 saturated carbocycles. The van der Waals surface area contributed by atoms with E-state index in [9.17, 15) is 0 Å². The number of methoxy groups -OCH3 is 1. The van der Waals surface area contributed by atoms with Gasteiger partial charge in [-0.15, -0.1) is 6.58 Å². The van der Waals surface area contributed by atoms with E-state index in [1.807, 2.05) is 24.3 Å². The topological polar surface area (TPSA) is 21.3 Å². The number of ether oxygens (including phenoxy) is 1. The first-order valence-electron chi connectivity index (χ1n) is 6.87. The number of nitrogens with one attached hydrogen (secondary N) is 1. The van der Waals surface area contributed by atoms with E-state index >= 15 is 0 Å². The minimum Gasteiger partial charge on any atom is -0.497 e. The Balaban J connectivity index is 1.90. The molecule has 2 aromatic carbocycles. The number of benzene rings is 2. The van der Waals surface area contributed by atoms with Crippen molar-refractivity contribution in [1.82, 2.24) is 5.32 Å². The van der Waals surface area contributed by atoms with Crippen LogP contribution in [0.3, 0.4) is 0 Å². The van der Waals surface area contributed by atoms with Crippen molar-refractivity contribution in [1.29, 1.82) is 0 Å². The van der Waals surface area contributed by atoms with Crippen LogP contribution in [0.5, 0.6) is 5.75 Å². The van der Waals surface area contributed by atoms with E-state index < -0.39 is 0 Å². The molecule has 2 nitrogen and oxygen atoms in total. The zero-order chi connectivity index (χ0) is 14.2. The second-order valence-electron chi connectivity index (χ2n) is 4.68. The Morgan fingerprint density at radius 1 is 1.10 bits per heavy atom. The SMILES string of the molecule is C=CC(NCCc1ccccc1)c1ccc(OC)cc1. The quantitative estimate of drug-likeness (QED) is 0.771. The molecule has 20 heavy (non-hydrogen) atoms. The molecule has 104 valence electrons. The van der Waals surface area contributed by atoms with Crippen molar-refractivity contribution in [3.05, 3.63) is 78.4 Å². The highest BCUT2D eigenvalue weighted by molar-refractivity contribution is 5.30. The maximum absolute atomic E-state index is 5.18. The molecule has 0 spiro atoms. The summed E-state index contributed by atoms with van der Waals surface area (Å²) in [7, 11) is 1.68. The molecule has 1 atom stereocenters. The lowest BCUT2D eigenvalue weighted by Crippen LogP contribution is -2.22. The second-order valence-corrected chi connectivity index (χ2v) is 4.68. The van der Waals surface area contributed by atoms with Gasteiger partial charge < -0.3 is 10.1 Å². The van der Waals surface area contributed by atoms with Crippen molar-refractivity contribution >= 4 is 0 Å². The van der Waals surface area contributed by atoms with Crippen LogP contribution in [-0.4, -0.2) is 13.7 Å². The van der Waals surface area contributed by atoms with E-state index in [4.69, 9.17) is 4.74 Å². The summed E-state index contributed by atoms with van der Waals surface area (Å²) in [6.45, 7) is 4.84. The first-order chi connectivity index (χ1) is 9.83. The van der Waals surface area contributed by atoms with Gasteiger partial charge in [0.2, 0.25) is 0 Å². The van der Waals surface area contributed by atoms with Crippen LogP contribution in [-0.2, 0) is 6.42 Å². The number of rotatable bonds is 7. The monoisotopic (exact) mass is 267 g/mol. The zero-order valence-corrected chi connectivity index (χ0v) is 11.9. The van der Waals surface area contributed by atoms with Gasteiger partial charge in [0.25, 0.3) is 0 Å². The molecule has 0 radical (unpaired) electrons. The molecule has 1 unspecified atom stereocenters. The van der Waals surface area contributed by atoms with Crippen LogP contribution in [0.15, 0.2) is 67.3 Å². The van der Waals surface area contributed by atoms with Gasteiger partial charge in [-0.1, -0.05) is 48.5 Å². The molecule has 0 aromatic heterocycles. The molecule has 0 fully saturated rings. The summed E-state index contributed by atoms with van der Waals surface area (Å²) < 4.78 is 5.18. The normalized spacial score (nSPS) is 11.8. The minimum absolute atomic E-state index is 0.171. The lowest BCUT2D eigenvalue weighted by Gasteiger charge is -2.15. The van der Waals surface area contributed by atoms with Crippen molar-refractivity contribution < 1.29 is 4.74 Å². The summed E-state index contributed by atoms with van der Waals surface area (Å²) in [4.78, 5) is 0. The van der Waals surface area contributed by atoms with E-state index in [-0.39, 0.29) is 6.04 Å². The van der Waals surface area contributed by atoms with Crippen molar-refractivity contribution in [3.63, 3.8) is 0 Å². The average molecular weight is 267 g/mol. The van der Waals surface area contributed by atoms with Gasteiger partial charge in [-0.2, -0.15) is 0 Å². The van der Waals surface area contributed by atoms with Gasteiger partial charge in [-0.3, -0.25) is 0 Å². The van der Waals surface area contributed by atoms with Gasteiger partial charge in [-0.25, -0.2) is 0 Å². The van der Waals surface area contributed by atoms with Gasteiger partial charge in [0, 0.05) is 6.54 Å². The molecule has 2 aromatic rings. The fourth-order valence-electron chi connectivity index (χ4n) is 2.17. The van der Waals surface area contributed by atoms with E-state index in [1.165, 1.54) is 11.1 Å². The Hall–Kier alpha value is -2.06. The molecule has 0 bridgehead atoms. The summed E-state index contributed by atoms with van der Waals surface area (Å²) in [6.07, 6.45) is 2.95. The molecule has 2 heteroatoms.